The lowest BCUT2D eigenvalue weighted by Gasteiger charge is -2.36. The van der Waals surface area contributed by atoms with E-state index in [0.29, 0.717) is 11.3 Å². The molecule has 0 saturated carbocycles. The number of sulfonamides is 1. The average molecular weight is 474 g/mol. The smallest absolute Gasteiger partial charge is 0.251 e. The van der Waals surface area contributed by atoms with Gasteiger partial charge in [-0.25, -0.2) is 8.42 Å². The van der Waals surface area contributed by atoms with E-state index in [9.17, 15) is 18.0 Å². The first-order valence-corrected chi connectivity index (χ1v) is 12.4. The molecule has 2 amide bonds. The summed E-state index contributed by atoms with van der Waals surface area (Å²) in [4.78, 5) is 27.7. The van der Waals surface area contributed by atoms with Crippen molar-refractivity contribution in [2.75, 3.05) is 33.3 Å². The summed E-state index contributed by atoms with van der Waals surface area (Å²) in [5.41, 5.74) is 1.54. The molecule has 1 heterocycles. The molecular weight excluding hydrogens is 442 g/mol. The Bertz CT molecular complexity index is 1070. The number of hydrogen-bond donors (Lipinski definition) is 1. The first kappa shape index (κ1) is 24.7. The van der Waals surface area contributed by atoms with Crippen LogP contribution in [-0.2, 0) is 14.8 Å². The number of nitrogens with zero attached hydrogens (tertiary/aromatic N) is 2. The van der Waals surface area contributed by atoms with Crippen molar-refractivity contribution in [2.24, 2.45) is 5.92 Å². The van der Waals surface area contributed by atoms with E-state index in [0.717, 1.165) is 5.56 Å². The van der Waals surface area contributed by atoms with E-state index < -0.39 is 16.1 Å². The van der Waals surface area contributed by atoms with Gasteiger partial charge in [0.15, 0.2) is 0 Å². The normalized spacial score (nSPS) is 15.8. The number of aryl methyl sites for hydroxylation is 1. The zero-order valence-electron chi connectivity index (χ0n) is 19.4. The Labute approximate surface area is 195 Å². The molecular formula is C24H31N3O5S. The van der Waals surface area contributed by atoms with E-state index in [-0.39, 0.29) is 48.8 Å². The summed E-state index contributed by atoms with van der Waals surface area (Å²) in [5.74, 6) is -0.0422. The molecule has 178 valence electrons. The number of hydrogen-bond acceptors (Lipinski definition) is 5. The van der Waals surface area contributed by atoms with Gasteiger partial charge in [-0.05, 0) is 49.2 Å². The van der Waals surface area contributed by atoms with Gasteiger partial charge in [0.1, 0.15) is 11.8 Å². The van der Waals surface area contributed by atoms with Crippen LogP contribution in [0.4, 0.5) is 0 Å². The van der Waals surface area contributed by atoms with E-state index >= 15 is 0 Å². The molecule has 3 rings (SSSR count). The van der Waals surface area contributed by atoms with Crippen molar-refractivity contribution in [1.29, 1.82) is 0 Å². The van der Waals surface area contributed by atoms with Gasteiger partial charge in [-0.3, -0.25) is 9.59 Å². The minimum absolute atomic E-state index is 0.118. The summed E-state index contributed by atoms with van der Waals surface area (Å²) in [6, 6.07) is 12.7. The van der Waals surface area contributed by atoms with Crippen LogP contribution in [0.15, 0.2) is 53.4 Å². The third kappa shape index (κ3) is 5.72. The maximum absolute atomic E-state index is 13.2. The van der Waals surface area contributed by atoms with Crippen molar-refractivity contribution < 1.29 is 22.7 Å². The van der Waals surface area contributed by atoms with Gasteiger partial charge in [0.05, 0.1) is 12.0 Å². The van der Waals surface area contributed by atoms with Crippen LogP contribution in [-0.4, -0.2) is 68.8 Å². The molecule has 1 unspecified atom stereocenters. The van der Waals surface area contributed by atoms with Crippen LogP contribution in [0.5, 0.6) is 5.75 Å². The molecule has 9 heteroatoms. The maximum atomic E-state index is 13.2. The minimum Gasteiger partial charge on any atom is -0.497 e. The van der Waals surface area contributed by atoms with Crippen LogP contribution < -0.4 is 10.1 Å². The molecule has 0 aromatic heterocycles. The Morgan fingerprint density at radius 1 is 0.939 bits per heavy atom. The lowest BCUT2D eigenvalue weighted by atomic mass is 10.0. The van der Waals surface area contributed by atoms with Crippen LogP contribution in [0.2, 0.25) is 0 Å². The number of carbonyl (C=O) groups excluding carboxylic acids is 2. The highest BCUT2D eigenvalue weighted by atomic mass is 32.2. The van der Waals surface area contributed by atoms with Gasteiger partial charge < -0.3 is 15.0 Å². The third-order valence-electron chi connectivity index (χ3n) is 5.78. The maximum Gasteiger partial charge on any atom is 0.251 e. The number of nitrogens with one attached hydrogen (secondary N) is 1. The highest BCUT2D eigenvalue weighted by Gasteiger charge is 2.34. The highest BCUT2D eigenvalue weighted by Crippen LogP contribution is 2.21. The zero-order chi connectivity index (χ0) is 24.2. The SMILES string of the molecule is COc1ccc(S(=O)(=O)N2CCN(C(=O)C(NC(=O)c3ccc(C)cc3)C(C)C)CC2)cc1. The fraction of sp³-hybridized carbons (Fsp3) is 0.417. The Kier molecular flexibility index (Phi) is 7.76. The average Bonchev–Trinajstić information content (AvgIpc) is 2.82. The molecule has 0 spiro atoms. The molecule has 2 aromatic rings. The second kappa shape index (κ2) is 10.4. The standard InChI is InChI=1S/C24H31N3O5S/c1-17(2)22(25-23(28)19-7-5-18(3)6-8-19)24(29)26-13-15-27(16-14-26)33(30,31)21-11-9-20(32-4)10-12-21/h5-12,17,22H,13-16H2,1-4H3,(H,25,28). The summed E-state index contributed by atoms with van der Waals surface area (Å²) in [6.07, 6.45) is 0. The molecule has 8 nitrogen and oxygen atoms in total. The predicted octanol–water partition coefficient (Wildman–Crippen LogP) is 2.29. The molecule has 0 aliphatic carbocycles. The van der Waals surface area contributed by atoms with E-state index in [2.05, 4.69) is 5.32 Å². The Morgan fingerprint density at radius 3 is 2.03 bits per heavy atom. The summed E-state index contributed by atoms with van der Waals surface area (Å²) in [7, 11) is -2.14. The number of methoxy groups -OCH3 is 1. The number of benzene rings is 2. The van der Waals surface area contributed by atoms with Gasteiger partial charge in [-0.1, -0.05) is 31.5 Å². The largest absolute Gasteiger partial charge is 0.497 e. The summed E-state index contributed by atoms with van der Waals surface area (Å²) in [6.45, 7) is 6.60. The molecule has 2 aromatic carbocycles. The molecule has 0 radical (unpaired) electrons. The monoisotopic (exact) mass is 473 g/mol. The predicted molar refractivity (Wildman–Crippen MR) is 126 cm³/mol. The van der Waals surface area contributed by atoms with Crippen LogP contribution >= 0.6 is 0 Å². The number of rotatable bonds is 7. The lowest BCUT2D eigenvalue weighted by Crippen LogP contribution is -2.57. The Balaban J connectivity index is 1.64. The van der Waals surface area contributed by atoms with Crippen LogP contribution in [0, 0.1) is 12.8 Å². The molecule has 1 aliphatic heterocycles. The van der Waals surface area contributed by atoms with Crippen molar-refractivity contribution in [1.82, 2.24) is 14.5 Å². The molecule has 33 heavy (non-hydrogen) atoms. The van der Waals surface area contributed by atoms with Gasteiger partial charge in [-0.15, -0.1) is 0 Å². The second-order valence-electron chi connectivity index (χ2n) is 8.47. The number of amides is 2. The zero-order valence-corrected chi connectivity index (χ0v) is 20.3. The summed E-state index contributed by atoms with van der Waals surface area (Å²) < 4.78 is 32.4. The summed E-state index contributed by atoms with van der Waals surface area (Å²) in [5, 5.41) is 2.85. The molecule has 1 saturated heterocycles. The molecule has 1 atom stereocenters. The van der Waals surface area contributed by atoms with Gasteiger partial charge in [0.25, 0.3) is 5.91 Å². The molecule has 1 aliphatic rings. The summed E-state index contributed by atoms with van der Waals surface area (Å²) >= 11 is 0. The minimum atomic E-state index is -3.66. The fourth-order valence-corrected chi connectivity index (χ4v) is 5.11. The Morgan fingerprint density at radius 2 is 1.52 bits per heavy atom. The van der Waals surface area contributed by atoms with Gasteiger partial charge >= 0.3 is 0 Å². The topological polar surface area (TPSA) is 96.0 Å². The molecule has 1 fully saturated rings. The van der Waals surface area contributed by atoms with Crippen molar-refractivity contribution in [3.8, 4) is 5.75 Å². The van der Waals surface area contributed by atoms with Crippen molar-refractivity contribution in [2.45, 2.75) is 31.7 Å². The van der Waals surface area contributed by atoms with E-state index in [1.165, 1.54) is 23.5 Å². The number of piperazine rings is 1. The lowest BCUT2D eigenvalue weighted by molar-refractivity contribution is -0.135. The van der Waals surface area contributed by atoms with Crippen LogP contribution in [0.25, 0.3) is 0 Å². The van der Waals surface area contributed by atoms with Crippen molar-refractivity contribution in [3.63, 3.8) is 0 Å². The first-order chi connectivity index (χ1) is 15.6. The van der Waals surface area contributed by atoms with Crippen molar-refractivity contribution in [3.05, 3.63) is 59.7 Å². The Hall–Kier alpha value is -2.91. The molecule has 1 N–H and O–H groups in total. The van der Waals surface area contributed by atoms with Crippen LogP contribution in [0.1, 0.15) is 29.8 Å². The van der Waals surface area contributed by atoms with Gasteiger partial charge in [0.2, 0.25) is 15.9 Å². The second-order valence-corrected chi connectivity index (χ2v) is 10.4. The van der Waals surface area contributed by atoms with Gasteiger partial charge in [0, 0.05) is 31.7 Å². The van der Waals surface area contributed by atoms with Crippen LogP contribution in [0.3, 0.4) is 0 Å². The quantitative estimate of drug-likeness (QED) is 0.666. The van der Waals surface area contributed by atoms with Gasteiger partial charge in [-0.2, -0.15) is 4.31 Å². The molecule has 0 bridgehead atoms. The van der Waals surface area contributed by atoms with E-state index in [4.69, 9.17) is 4.74 Å². The fourth-order valence-electron chi connectivity index (χ4n) is 3.69. The number of carbonyl (C=O) groups is 2. The van der Waals surface area contributed by atoms with E-state index in [1.54, 1.807) is 29.2 Å². The third-order valence-corrected chi connectivity index (χ3v) is 7.69. The van der Waals surface area contributed by atoms with E-state index in [1.807, 2.05) is 32.9 Å². The number of ether oxygens (including phenoxy) is 1. The van der Waals surface area contributed by atoms with Crippen molar-refractivity contribution >= 4 is 21.8 Å². The highest BCUT2D eigenvalue weighted by molar-refractivity contribution is 7.89. The first-order valence-electron chi connectivity index (χ1n) is 10.9.